The molecule has 0 aliphatic carbocycles. The molecule has 0 radical (unpaired) electrons. The molecule has 6 nitrogen and oxygen atoms in total. The number of carbonyl (C=O) groups excluding carboxylic acids is 1. The first-order chi connectivity index (χ1) is 9.08. The van der Waals surface area contributed by atoms with Gasteiger partial charge >= 0.3 is 0 Å². The van der Waals surface area contributed by atoms with Gasteiger partial charge in [0.1, 0.15) is 5.82 Å². The highest BCUT2D eigenvalue weighted by molar-refractivity contribution is 7.99. The van der Waals surface area contributed by atoms with Crippen molar-refractivity contribution >= 4 is 23.4 Å². The van der Waals surface area contributed by atoms with E-state index in [1.54, 1.807) is 6.07 Å². The predicted octanol–water partition coefficient (Wildman–Crippen LogP) is 0.443. The van der Waals surface area contributed by atoms with Gasteiger partial charge in [-0.25, -0.2) is 4.39 Å². The maximum Gasteiger partial charge on any atom is 0.291 e. The van der Waals surface area contributed by atoms with Crippen LogP contribution in [0, 0.1) is 5.82 Å². The number of hydrogen-bond acceptors (Lipinski definition) is 5. The molecular formula is C11H10FN3O3S. The molecule has 0 saturated carbocycles. The molecule has 1 N–H and O–H groups in total. The Balaban J connectivity index is 1.94. The summed E-state index contributed by atoms with van der Waals surface area (Å²) in [5, 5.41) is 17.2. The van der Waals surface area contributed by atoms with E-state index in [1.807, 2.05) is 0 Å². The number of carbonyl (C=O) groups is 1. The fourth-order valence-corrected chi connectivity index (χ4v) is 2.06. The van der Waals surface area contributed by atoms with Gasteiger partial charge in [-0.1, -0.05) is 16.8 Å². The lowest BCUT2D eigenvalue weighted by molar-refractivity contribution is -0.772. The summed E-state index contributed by atoms with van der Waals surface area (Å²) in [6.45, 7) is 0. The normalized spacial score (nSPS) is 10.4. The van der Waals surface area contributed by atoms with Gasteiger partial charge in [-0.15, -0.1) is 0 Å². The molecular weight excluding hydrogens is 273 g/mol. The number of rotatable bonds is 4. The Morgan fingerprint density at radius 2 is 2.32 bits per heavy atom. The van der Waals surface area contributed by atoms with Crippen LogP contribution < -0.4 is 15.1 Å². The largest absolute Gasteiger partial charge is 0.538 e. The van der Waals surface area contributed by atoms with Crippen LogP contribution in [0.4, 0.5) is 10.1 Å². The molecule has 19 heavy (non-hydrogen) atoms. The number of amides is 1. The molecule has 1 heterocycles. The molecule has 0 saturated heterocycles. The van der Waals surface area contributed by atoms with Gasteiger partial charge in [-0.05, 0) is 23.9 Å². The van der Waals surface area contributed by atoms with E-state index < -0.39 is 17.7 Å². The third-order valence-corrected chi connectivity index (χ3v) is 3.31. The molecule has 2 aromatic rings. The Bertz CT molecular complexity index is 583. The van der Waals surface area contributed by atoms with Crippen LogP contribution in [-0.2, 0) is 11.8 Å². The maximum absolute atomic E-state index is 13.3. The first-order valence-corrected chi connectivity index (χ1v) is 6.26. The number of anilines is 1. The Morgan fingerprint density at radius 3 is 2.95 bits per heavy atom. The highest BCUT2D eigenvalue weighted by Crippen LogP contribution is 2.21. The lowest BCUT2D eigenvalue weighted by Gasteiger charge is -2.04. The van der Waals surface area contributed by atoms with E-state index in [-0.39, 0.29) is 16.5 Å². The average molecular weight is 283 g/mol. The van der Waals surface area contributed by atoms with E-state index in [4.69, 9.17) is 0 Å². The van der Waals surface area contributed by atoms with Crippen LogP contribution in [0.5, 0.6) is 5.95 Å². The number of hydrogen-bond donors (Lipinski definition) is 1. The molecule has 8 heteroatoms. The predicted molar refractivity (Wildman–Crippen MR) is 62.9 cm³/mol. The topological polar surface area (TPSA) is 82.1 Å². The fourth-order valence-electron chi connectivity index (χ4n) is 1.34. The van der Waals surface area contributed by atoms with E-state index in [1.165, 1.54) is 29.9 Å². The van der Waals surface area contributed by atoms with Crippen molar-refractivity contribution in [3.8, 4) is 5.95 Å². The molecule has 0 spiro atoms. The number of aryl methyl sites for hydroxylation is 1. The smallest absolute Gasteiger partial charge is 0.291 e. The molecule has 0 unspecified atom stereocenters. The molecule has 1 aromatic heterocycles. The molecule has 100 valence electrons. The number of thioether (sulfide) groups is 1. The van der Waals surface area contributed by atoms with E-state index in [0.717, 1.165) is 11.8 Å². The zero-order valence-corrected chi connectivity index (χ0v) is 10.7. The second kappa shape index (κ2) is 5.70. The van der Waals surface area contributed by atoms with Gasteiger partial charge in [0.2, 0.25) is 5.91 Å². The molecule has 0 aliphatic heterocycles. The molecule has 0 aliphatic rings. The van der Waals surface area contributed by atoms with Crippen molar-refractivity contribution in [1.29, 1.82) is 0 Å². The van der Waals surface area contributed by atoms with Gasteiger partial charge < -0.3 is 14.9 Å². The van der Waals surface area contributed by atoms with Crippen molar-refractivity contribution in [2.75, 3.05) is 11.1 Å². The number of halogens is 1. The second-order valence-corrected chi connectivity index (χ2v) is 4.57. The average Bonchev–Trinajstić information content (AvgIpc) is 2.70. The van der Waals surface area contributed by atoms with Crippen LogP contribution in [0.3, 0.4) is 0 Å². The van der Waals surface area contributed by atoms with Crippen molar-refractivity contribution in [2.24, 2.45) is 7.05 Å². The van der Waals surface area contributed by atoms with Crippen LogP contribution in [0.1, 0.15) is 0 Å². The maximum atomic E-state index is 13.3. The Kier molecular flexibility index (Phi) is 4.00. The van der Waals surface area contributed by atoms with Gasteiger partial charge in [0.15, 0.2) is 13.0 Å². The zero-order valence-electron chi connectivity index (χ0n) is 9.92. The van der Waals surface area contributed by atoms with Crippen LogP contribution in [0.25, 0.3) is 0 Å². The molecule has 1 aromatic carbocycles. The summed E-state index contributed by atoms with van der Waals surface area (Å²) in [5.74, 6) is -1.58. The Hall–Kier alpha value is -2.09. The number of para-hydroxylation sites is 1. The number of benzene rings is 1. The summed E-state index contributed by atoms with van der Waals surface area (Å²) in [4.78, 5) is 11.6. The monoisotopic (exact) mass is 283 g/mol. The van der Waals surface area contributed by atoms with Crippen LogP contribution in [-0.4, -0.2) is 16.9 Å². The third kappa shape index (κ3) is 3.22. The van der Waals surface area contributed by atoms with Crippen LogP contribution in [0.2, 0.25) is 0 Å². The zero-order chi connectivity index (χ0) is 13.8. The van der Waals surface area contributed by atoms with Crippen molar-refractivity contribution in [1.82, 2.24) is 5.27 Å². The number of aromatic nitrogens is 2. The highest BCUT2D eigenvalue weighted by Gasteiger charge is 2.16. The SMILES string of the molecule is C[n+]1noc([O-])c1SCC(=O)Nc1ccccc1F. The molecule has 0 atom stereocenters. The minimum absolute atomic E-state index is 0.0430. The van der Waals surface area contributed by atoms with Crippen molar-refractivity contribution < 1.29 is 23.5 Å². The summed E-state index contributed by atoms with van der Waals surface area (Å²) in [7, 11) is 1.53. The summed E-state index contributed by atoms with van der Waals surface area (Å²) in [5.41, 5.74) is 0.102. The third-order valence-electron chi connectivity index (χ3n) is 2.20. The standard InChI is InChI=1S/C11H10FN3O3S/c1-15-10(11(17)18-14-15)19-6-9(16)13-8-5-3-2-4-7(8)12/h2-5H,6H2,1H3,(H-,13,14,16,17). The summed E-state index contributed by atoms with van der Waals surface area (Å²) in [6, 6.07) is 5.84. The number of nitrogens with one attached hydrogen (secondary N) is 1. The van der Waals surface area contributed by atoms with Gasteiger partial charge in [-0.3, -0.25) is 4.79 Å². The molecule has 1 amide bonds. The first kappa shape index (κ1) is 13.3. The molecule has 2 rings (SSSR count). The van der Waals surface area contributed by atoms with E-state index in [2.05, 4.69) is 15.1 Å². The van der Waals surface area contributed by atoms with E-state index >= 15 is 0 Å². The Labute approximate surface area is 112 Å². The van der Waals surface area contributed by atoms with Crippen LogP contribution in [0.15, 0.2) is 33.8 Å². The fraction of sp³-hybridized carbons (Fsp3) is 0.182. The van der Waals surface area contributed by atoms with Crippen molar-refractivity contribution in [2.45, 2.75) is 5.03 Å². The van der Waals surface area contributed by atoms with E-state index in [9.17, 15) is 14.3 Å². The quantitative estimate of drug-likeness (QED) is 0.650. The lowest BCUT2D eigenvalue weighted by Crippen LogP contribution is -2.32. The molecule has 0 bridgehead atoms. The lowest BCUT2D eigenvalue weighted by atomic mass is 10.3. The first-order valence-electron chi connectivity index (χ1n) is 5.28. The summed E-state index contributed by atoms with van der Waals surface area (Å²) >= 11 is 0.973. The van der Waals surface area contributed by atoms with Gasteiger partial charge in [0.25, 0.3) is 5.03 Å². The number of nitrogens with zero attached hydrogens (tertiary/aromatic N) is 2. The highest BCUT2D eigenvalue weighted by atomic mass is 32.2. The summed E-state index contributed by atoms with van der Waals surface area (Å²) < 4.78 is 18.9. The van der Waals surface area contributed by atoms with Crippen LogP contribution >= 0.6 is 11.8 Å². The van der Waals surface area contributed by atoms with Gasteiger partial charge in [0.05, 0.1) is 16.7 Å². The van der Waals surface area contributed by atoms with Crippen molar-refractivity contribution in [3.63, 3.8) is 0 Å². The van der Waals surface area contributed by atoms with Gasteiger partial charge in [-0.2, -0.15) is 0 Å². The minimum Gasteiger partial charge on any atom is -0.538 e. The minimum atomic E-state index is -0.605. The summed E-state index contributed by atoms with van der Waals surface area (Å²) in [6.07, 6.45) is 0. The van der Waals surface area contributed by atoms with Crippen molar-refractivity contribution in [3.05, 3.63) is 30.1 Å². The van der Waals surface area contributed by atoms with E-state index in [0.29, 0.717) is 0 Å². The second-order valence-electron chi connectivity index (χ2n) is 3.61. The van der Waals surface area contributed by atoms with Gasteiger partial charge in [0, 0.05) is 0 Å². The Morgan fingerprint density at radius 1 is 1.58 bits per heavy atom. The molecule has 0 fully saturated rings.